The number of hydrogen-bond donors (Lipinski definition) is 2. The number of nitrogens with zero attached hydrogens (tertiary/aromatic N) is 2. The van der Waals surface area contributed by atoms with E-state index in [1.807, 2.05) is 13.0 Å². The first-order valence-corrected chi connectivity index (χ1v) is 7.47. The molecule has 0 aliphatic carbocycles. The van der Waals surface area contributed by atoms with Gasteiger partial charge in [0.25, 0.3) is 0 Å². The molecule has 0 atom stereocenters. The van der Waals surface area contributed by atoms with E-state index in [0.29, 0.717) is 25.6 Å². The van der Waals surface area contributed by atoms with Gasteiger partial charge in [-0.3, -0.25) is 0 Å². The first-order valence-electron chi connectivity index (χ1n) is 7.47. The molecule has 1 aromatic rings. The predicted molar refractivity (Wildman–Crippen MR) is 85.7 cm³/mol. The fourth-order valence-corrected chi connectivity index (χ4v) is 1.91. The van der Waals surface area contributed by atoms with Gasteiger partial charge in [0.2, 0.25) is 0 Å². The molecule has 0 saturated carbocycles. The van der Waals surface area contributed by atoms with Crippen molar-refractivity contribution in [2.75, 3.05) is 37.5 Å². The lowest BCUT2D eigenvalue weighted by Crippen LogP contribution is -2.36. The molecule has 1 heterocycles. The Morgan fingerprint density at radius 2 is 1.90 bits per heavy atom. The fourth-order valence-electron chi connectivity index (χ4n) is 1.91. The van der Waals surface area contributed by atoms with Crippen molar-refractivity contribution in [2.45, 2.75) is 46.3 Å². The third kappa shape index (κ3) is 6.73. The van der Waals surface area contributed by atoms with Crippen molar-refractivity contribution in [2.24, 2.45) is 0 Å². The molecule has 0 radical (unpaired) electrons. The minimum Gasteiger partial charge on any atom is -0.382 e. The van der Waals surface area contributed by atoms with Gasteiger partial charge in [-0.2, -0.15) is 0 Å². The summed E-state index contributed by atoms with van der Waals surface area (Å²) in [6.07, 6.45) is 1.04. The summed E-state index contributed by atoms with van der Waals surface area (Å²) in [6, 6.07) is 1.92. The standard InChI is InChI=1S/C15H28N4O2/c1-6-8-16-12-9-13(19-15(3,4)11-20-5)18-14(17-12)10-21-7-2/h9H,6-8,10-11H2,1-5H3,(H2,16,17,18,19). The highest BCUT2D eigenvalue weighted by Crippen LogP contribution is 2.17. The Morgan fingerprint density at radius 1 is 1.19 bits per heavy atom. The molecular weight excluding hydrogens is 268 g/mol. The molecule has 0 aliphatic rings. The van der Waals surface area contributed by atoms with Crippen LogP contribution in [-0.4, -0.2) is 42.4 Å². The number of nitrogens with one attached hydrogen (secondary N) is 2. The van der Waals surface area contributed by atoms with Crippen LogP contribution in [0.15, 0.2) is 6.07 Å². The van der Waals surface area contributed by atoms with Crippen molar-refractivity contribution in [3.8, 4) is 0 Å². The van der Waals surface area contributed by atoms with E-state index < -0.39 is 0 Å². The Bertz CT molecular complexity index is 398. The summed E-state index contributed by atoms with van der Waals surface area (Å²) in [6.45, 7) is 10.8. The maximum absolute atomic E-state index is 5.41. The summed E-state index contributed by atoms with van der Waals surface area (Å²) >= 11 is 0. The Labute approximate surface area is 127 Å². The molecule has 0 fully saturated rings. The van der Waals surface area contributed by atoms with Crippen LogP contribution in [0.4, 0.5) is 11.6 Å². The van der Waals surface area contributed by atoms with Crippen molar-refractivity contribution in [1.29, 1.82) is 0 Å². The molecule has 0 aromatic carbocycles. The number of ether oxygens (including phenoxy) is 2. The molecule has 6 heteroatoms. The monoisotopic (exact) mass is 296 g/mol. The Kier molecular flexibility index (Phi) is 7.39. The predicted octanol–water partition coefficient (Wildman–Crippen LogP) is 2.67. The summed E-state index contributed by atoms with van der Waals surface area (Å²) in [7, 11) is 1.69. The topological polar surface area (TPSA) is 68.3 Å². The second kappa shape index (κ2) is 8.79. The first-order chi connectivity index (χ1) is 10.0. The Hall–Kier alpha value is -1.40. The molecule has 1 rings (SSSR count). The summed E-state index contributed by atoms with van der Waals surface area (Å²) < 4.78 is 10.6. The van der Waals surface area contributed by atoms with E-state index in [2.05, 4.69) is 41.4 Å². The highest BCUT2D eigenvalue weighted by Gasteiger charge is 2.18. The lowest BCUT2D eigenvalue weighted by molar-refractivity contribution is 0.128. The Morgan fingerprint density at radius 3 is 2.52 bits per heavy atom. The third-order valence-electron chi connectivity index (χ3n) is 2.74. The van der Waals surface area contributed by atoms with Crippen LogP contribution in [0.3, 0.4) is 0 Å². The summed E-state index contributed by atoms with van der Waals surface area (Å²) in [4.78, 5) is 8.97. The third-order valence-corrected chi connectivity index (χ3v) is 2.74. The van der Waals surface area contributed by atoms with Gasteiger partial charge in [-0.15, -0.1) is 0 Å². The molecule has 2 N–H and O–H groups in total. The van der Waals surface area contributed by atoms with Crippen LogP contribution in [-0.2, 0) is 16.1 Å². The van der Waals surface area contributed by atoms with E-state index in [1.165, 1.54) is 0 Å². The van der Waals surface area contributed by atoms with Crippen molar-refractivity contribution in [1.82, 2.24) is 9.97 Å². The van der Waals surface area contributed by atoms with Gasteiger partial charge in [-0.1, -0.05) is 6.92 Å². The van der Waals surface area contributed by atoms with Crippen LogP contribution in [0.25, 0.3) is 0 Å². The zero-order valence-corrected chi connectivity index (χ0v) is 13.8. The molecule has 21 heavy (non-hydrogen) atoms. The first kappa shape index (κ1) is 17.7. The quantitative estimate of drug-likeness (QED) is 0.692. The molecule has 6 nitrogen and oxygen atoms in total. The average Bonchev–Trinajstić information content (AvgIpc) is 2.42. The van der Waals surface area contributed by atoms with Gasteiger partial charge in [0.05, 0.1) is 12.1 Å². The van der Waals surface area contributed by atoms with Gasteiger partial charge in [0, 0.05) is 26.3 Å². The van der Waals surface area contributed by atoms with Crippen LogP contribution in [0, 0.1) is 0 Å². The molecule has 0 spiro atoms. The fraction of sp³-hybridized carbons (Fsp3) is 0.733. The number of aromatic nitrogens is 2. The van der Waals surface area contributed by atoms with Crippen LogP contribution in [0.1, 0.15) is 39.9 Å². The van der Waals surface area contributed by atoms with Crippen molar-refractivity contribution in [3.05, 3.63) is 11.9 Å². The van der Waals surface area contributed by atoms with Gasteiger partial charge in [0.1, 0.15) is 18.2 Å². The minimum atomic E-state index is -0.200. The van der Waals surface area contributed by atoms with E-state index in [1.54, 1.807) is 7.11 Å². The van der Waals surface area contributed by atoms with Gasteiger partial charge >= 0.3 is 0 Å². The Balaban J connectivity index is 2.89. The van der Waals surface area contributed by atoms with Crippen molar-refractivity contribution >= 4 is 11.6 Å². The van der Waals surface area contributed by atoms with Crippen LogP contribution in [0.2, 0.25) is 0 Å². The van der Waals surface area contributed by atoms with Gasteiger partial charge < -0.3 is 20.1 Å². The highest BCUT2D eigenvalue weighted by molar-refractivity contribution is 5.48. The number of methoxy groups -OCH3 is 1. The second-order valence-electron chi connectivity index (χ2n) is 5.56. The van der Waals surface area contributed by atoms with E-state index in [-0.39, 0.29) is 5.54 Å². The summed E-state index contributed by atoms with van der Waals surface area (Å²) in [5.74, 6) is 2.27. The zero-order chi connectivity index (χ0) is 15.7. The molecule has 0 aliphatic heterocycles. The van der Waals surface area contributed by atoms with E-state index in [4.69, 9.17) is 9.47 Å². The van der Waals surface area contributed by atoms with Crippen LogP contribution >= 0.6 is 0 Å². The highest BCUT2D eigenvalue weighted by atomic mass is 16.5. The number of hydrogen-bond acceptors (Lipinski definition) is 6. The lowest BCUT2D eigenvalue weighted by atomic mass is 10.1. The van der Waals surface area contributed by atoms with Gasteiger partial charge in [0.15, 0.2) is 5.82 Å². The van der Waals surface area contributed by atoms with Crippen LogP contribution in [0.5, 0.6) is 0 Å². The largest absolute Gasteiger partial charge is 0.382 e. The zero-order valence-electron chi connectivity index (χ0n) is 13.8. The van der Waals surface area contributed by atoms with Gasteiger partial charge in [-0.05, 0) is 27.2 Å². The van der Waals surface area contributed by atoms with E-state index in [9.17, 15) is 0 Å². The maximum atomic E-state index is 5.41. The van der Waals surface area contributed by atoms with Gasteiger partial charge in [-0.25, -0.2) is 9.97 Å². The molecular formula is C15H28N4O2. The van der Waals surface area contributed by atoms with Crippen LogP contribution < -0.4 is 10.6 Å². The summed E-state index contributed by atoms with van der Waals surface area (Å²) in [5.41, 5.74) is -0.200. The second-order valence-corrected chi connectivity index (χ2v) is 5.56. The molecule has 0 saturated heterocycles. The molecule has 1 aromatic heterocycles. The number of anilines is 2. The lowest BCUT2D eigenvalue weighted by Gasteiger charge is -2.26. The molecule has 0 bridgehead atoms. The molecule has 0 amide bonds. The molecule has 120 valence electrons. The molecule has 0 unspecified atom stereocenters. The van der Waals surface area contributed by atoms with Crippen molar-refractivity contribution in [3.63, 3.8) is 0 Å². The van der Waals surface area contributed by atoms with E-state index >= 15 is 0 Å². The average molecular weight is 296 g/mol. The number of rotatable bonds is 10. The summed E-state index contributed by atoms with van der Waals surface area (Å²) in [5, 5.41) is 6.67. The minimum absolute atomic E-state index is 0.200. The maximum Gasteiger partial charge on any atom is 0.158 e. The normalized spacial score (nSPS) is 11.5. The van der Waals surface area contributed by atoms with E-state index in [0.717, 1.165) is 24.6 Å². The smallest absolute Gasteiger partial charge is 0.158 e. The SMILES string of the molecule is CCCNc1cc(NC(C)(C)COC)nc(COCC)n1. The van der Waals surface area contributed by atoms with Crippen molar-refractivity contribution < 1.29 is 9.47 Å².